The van der Waals surface area contributed by atoms with E-state index in [1.807, 2.05) is 0 Å². The van der Waals surface area contributed by atoms with Crippen LogP contribution in [0.2, 0.25) is 5.15 Å². The van der Waals surface area contributed by atoms with Gasteiger partial charge in [-0.25, -0.2) is 37.1 Å². The van der Waals surface area contributed by atoms with Crippen LogP contribution in [0.25, 0.3) is 22.3 Å². The van der Waals surface area contributed by atoms with Gasteiger partial charge < -0.3 is 15.3 Å². The van der Waals surface area contributed by atoms with Crippen LogP contribution in [-0.4, -0.2) is 70.0 Å². The predicted octanol–water partition coefficient (Wildman–Crippen LogP) is 3.21. The van der Waals surface area contributed by atoms with Crippen LogP contribution in [0, 0.1) is 11.6 Å². The molecule has 5 rings (SSSR count). The van der Waals surface area contributed by atoms with Crippen LogP contribution < -0.4 is 10.0 Å². The number of aliphatic hydroxyl groups excluding tert-OH is 1. The second-order valence-corrected chi connectivity index (χ2v) is 11.0. The van der Waals surface area contributed by atoms with Crippen LogP contribution in [-0.2, 0) is 14.8 Å². The lowest BCUT2D eigenvalue weighted by Gasteiger charge is -2.32. The van der Waals surface area contributed by atoms with E-state index in [0.29, 0.717) is 60.1 Å². The first kappa shape index (κ1) is 27.6. The number of nitrogens with zero attached hydrogens (tertiary/aromatic N) is 5. The Morgan fingerprint density at radius 1 is 1.10 bits per heavy atom. The van der Waals surface area contributed by atoms with Gasteiger partial charge in [-0.1, -0.05) is 11.6 Å². The maximum atomic E-state index is 14.2. The van der Waals surface area contributed by atoms with Crippen molar-refractivity contribution in [2.75, 3.05) is 29.7 Å². The summed E-state index contributed by atoms with van der Waals surface area (Å²) in [4.78, 5) is 29.9. The van der Waals surface area contributed by atoms with Crippen LogP contribution in [0.1, 0.15) is 12.8 Å². The summed E-state index contributed by atoms with van der Waals surface area (Å²) >= 11 is 6.13. The quantitative estimate of drug-likeness (QED) is 0.276. The van der Waals surface area contributed by atoms with Gasteiger partial charge in [-0.3, -0.25) is 9.52 Å². The third kappa shape index (κ3) is 5.78. The topological polar surface area (TPSA) is 150 Å². The molecule has 0 radical (unpaired) electrons. The lowest BCUT2D eigenvalue weighted by molar-refractivity contribution is -0.135. The Morgan fingerprint density at radius 3 is 2.60 bits per heavy atom. The Labute approximate surface area is 232 Å². The molecule has 1 fully saturated rings. The number of carbonyl (C=O) groups excluding carboxylic acids is 1. The molecule has 1 aromatic carbocycles. The maximum absolute atomic E-state index is 14.2. The third-order valence-electron chi connectivity index (χ3n) is 6.37. The van der Waals surface area contributed by atoms with Crippen molar-refractivity contribution in [3.8, 4) is 11.3 Å². The predicted molar refractivity (Wildman–Crippen MR) is 143 cm³/mol. The molecule has 0 atom stereocenters. The van der Waals surface area contributed by atoms with Crippen LogP contribution in [0.5, 0.6) is 0 Å². The van der Waals surface area contributed by atoms with Gasteiger partial charge in [-0.05, 0) is 43.2 Å². The Hall–Kier alpha value is -4.01. The molecule has 0 bridgehead atoms. The number of carbonyl (C=O) groups is 1. The minimum atomic E-state index is -4.46. The number of aliphatic hydroxyl groups is 1. The number of pyridine rings is 2. The molecular formula is C25H22ClF2N7O4S. The molecule has 11 nitrogen and oxygen atoms in total. The summed E-state index contributed by atoms with van der Waals surface area (Å²) in [6.07, 6.45) is 4.10. The van der Waals surface area contributed by atoms with Crippen molar-refractivity contribution in [1.82, 2.24) is 24.8 Å². The number of rotatable bonds is 7. The number of amides is 1. The lowest BCUT2D eigenvalue weighted by Crippen LogP contribution is -2.43. The van der Waals surface area contributed by atoms with Gasteiger partial charge in [0.2, 0.25) is 5.91 Å². The molecule has 0 aliphatic carbocycles. The number of piperidine rings is 1. The molecule has 0 unspecified atom stereocenters. The molecule has 4 heterocycles. The Kier molecular flexibility index (Phi) is 7.74. The summed E-state index contributed by atoms with van der Waals surface area (Å²) in [7, 11) is -4.46. The zero-order valence-electron chi connectivity index (χ0n) is 20.7. The van der Waals surface area contributed by atoms with Gasteiger partial charge in [0.05, 0.1) is 16.9 Å². The normalized spacial score (nSPS) is 14.3. The van der Waals surface area contributed by atoms with E-state index in [-0.39, 0.29) is 22.8 Å². The highest BCUT2D eigenvalue weighted by Gasteiger charge is 2.24. The molecular weight excluding hydrogens is 568 g/mol. The van der Waals surface area contributed by atoms with E-state index in [0.717, 1.165) is 12.1 Å². The van der Waals surface area contributed by atoms with E-state index in [4.69, 9.17) is 16.7 Å². The fraction of sp³-hybridized carbons (Fsp3) is 0.240. The average Bonchev–Trinajstić information content (AvgIpc) is 2.94. The van der Waals surface area contributed by atoms with Crippen molar-refractivity contribution in [2.24, 2.45) is 0 Å². The number of fused-ring (bicyclic) bond motifs is 1. The number of anilines is 2. The molecule has 1 aliphatic heterocycles. The number of hydrogen-bond acceptors (Lipinski definition) is 9. The van der Waals surface area contributed by atoms with Gasteiger partial charge in [-0.15, -0.1) is 0 Å². The van der Waals surface area contributed by atoms with Crippen LogP contribution in [0.4, 0.5) is 20.3 Å². The molecule has 1 saturated heterocycles. The summed E-state index contributed by atoms with van der Waals surface area (Å²) in [6.45, 7) is 0.471. The molecule has 1 aliphatic rings. The van der Waals surface area contributed by atoms with Crippen molar-refractivity contribution >= 4 is 50.1 Å². The van der Waals surface area contributed by atoms with Gasteiger partial charge in [-0.2, -0.15) is 0 Å². The van der Waals surface area contributed by atoms with Crippen molar-refractivity contribution in [3.05, 3.63) is 65.7 Å². The van der Waals surface area contributed by atoms with E-state index in [1.54, 1.807) is 17.0 Å². The number of benzene rings is 1. The fourth-order valence-electron chi connectivity index (χ4n) is 4.33. The number of likely N-dealkylation sites (tertiary alicyclic amines) is 1. The Bertz CT molecular complexity index is 1700. The largest absolute Gasteiger partial charge is 0.387 e. The number of halogens is 3. The van der Waals surface area contributed by atoms with Crippen molar-refractivity contribution in [1.29, 1.82) is 0 Å². The molecule has 4 aromatic rings. The molecule has 208 valence electrons. The van der Waals surface area contributed by atoms with Crippen molar-refractivity contribution < 1.29 is 27.1 Å². The van der Waals surface area contributed by atoms with Crippen molar-refractivity contribution in [2.45, 2.75) is 23.8 Å². The summed E-state index contributed by atoms with van der Waals surface area (Å²) in [5.41, 5.74) is 1.69. The van der Waals surface area contributed by atoms with E-state index < -0.39 is 33.2 Å². The zero-order valence-corrected chi connectivity index (χ0v) is 22.3. The molecule has 3 aromatic heterocycles. The number of hydrogen-bond donors (Lipinski definition) is 3. The van der Waals surface area contributed by atoms with E-state index in [1.165, 1.54) is 18.6 Å². The Balaban J connectivity index is 1.41. The molecule has 40 heavy (non-hydrogen) atoms. The zero-order chi connectivity index (χ0) is 28.4. The van der Waals surface area contributed by atoms with E-state index in [2.05, 4.69) is 30.0 Å². The smallest absolute Gasteiger partial charge is 0.264 e. The standard InChI is InChI=1S/C25H22ClF2N7O4S/c26-24-20(34-40(38,39)21-4-1-15(27)10-17(21)28)9-14(11-29-24)18-2-3-19-23(33-18)25(31-13-30-19)32-16-5-7-35(8-6-16)22(37)12-36/h1-4,9-11,13,16,34,36H,5-8,12H2,(H,30,31,32). The molecule has 3 N–H and O–H groups in total. The van der Waals surface area contributed by atoms with E-state index in [9.17, 15) is 22.0 Å². The minimum Gasteiger partial charge on any atom is -0.387 e. The first-order valence-electron chi connectivity index (χ1n) is 12.1. The van der Waals surface area contributed by atoms with Gasteiger partial charge in [0.15, 0.2) is 11.0 Å². The minimum absolute atomic E-state index is 0.0105. The van der Waals surface area contributed by atoms with Gasteiger partial charge in [0.25, 0.3) is 10.0 Å². The van der Waals surface area contributed by atoms with Crippen LogP contribution in [0.15, 0.2) is 53.8 Å². The van der Waals surface area contributed by atoms with Gasteiger partial charge in [0.1, 0.15) is 35.0 Å². The molecule has 15 heteroatoms. The summed E-state index contributed by atoms with van der Waals surface area (Å²) in [5, 5.41) is 12.2. The summed E-state index contributed by atoms with van der Waals surface area (Å²) < 4.78 is 55.2. The van der Waals surface area contributed by atoms with Crippen LogP contribution in [0.3, 0.4) is 0 Å². The molecule has 1 amide bonds. The molecule has 0 spiro atoms. The highest BCUT2D eigenvalue weighted by Crippen LogP contribution is 2.30. The number of sulfonamides is 1. The first-order chi connectivity index (χ1) is 19.1. The highest BCUT2D eigenvalue weighted by molar-refractivity contribution is 7.92. The summed E-state index contributed by atoms with van der Waals surface area (Å²) in [6, 6.07) is 6.91. The van der Waals surface area contributed by atoms with E-state index >= 15 is 0 Å². The van der Waals surface area contributed by atoms with Crippen LogP contribution >= 0.6 is 11.6 Å². The highest BCUT2D eigenvalue weighted by atomic mass is 35.5. The first-order valence-corrected chi connectivity index (χ1v) is 13.9. The second-order valence-electron chi connectivity index (χ2n) is 8.99. The average molecular weight is 590 g/mol. The van der Waals surface area contributed by atoms with Crippen molar-refractivity contribution in [3.63, 3.8) is 0 Å². The Morgan fingerprint density at radius 2 is 1.88 bits per heavy atom. The number of nitrogens with one attached hydrogen (secondary N) is 2. The second kappa shape index (κ2) is 11.2. The lowest BCUT2D eigenvalue weighted by atomic mass is 10.0. The molecule has 0 saturated carbocycles. The monoisotopic (exact) mass is 589 g/mol. The van der Waals surface area contributed by atoms with Gasteiger partial charge in [0, 0.05) is 37.0 Å². The summed E-state index contributed by atoms with van der Waals surface area (Å²) in [5.74, 6) is -2.00. The van der Waals surface area contributed by atoms with Gasteiger partial charge >= 0.3 is 0 Å². The maximum Gasteiger partial charge on any atom is 0.264 e. The SMILES string of the molecule is O=C(CO)N1CCC(Nc2ncnc3ccc(-c4cnc(Cl)c(NS(=O)(=O)c5ccc(F)cc5F)c4)nc23)CC1. The number of aromatic nitrogens is 4. The third-order valence-corrected chi connectivity index (χ3v) is 8.07. The fourth-order valence-corrected chi connectivity index (χ4v) is 5.65.